The Morgan fingerprint density at radius 1 is 1.19 bits per heavy atom. The second kappa shape index (κ2) is 3.93. The molecule has 0 bridgehead atoms. The van der Waals surface area contributed by atoms with E-state index in [0.29, 0.717) is 13.1 Å². The minimum absolute atomic E-state index is 0.233. The van der Waals surface area contributed by atoms with Crippen molar-refractivity contribution in [3.8, 4) is 0 Å². The molecule has 0 saturated carbocycles. The van der Waals surface area contributed by atoms with Crippen molar-refractivity contribution in [2.24, 2.45) is 0 Å². The fraction of sp³-hybridized carbons (Fsp3) is 0.727. The summed E-state index contributed by atoms with van der Waals surface area (Å²) in [7, 11) is 0. The smallest absolute Gasteiger partial charge is 0.410 e. The van der Waals surface area contributed by atoms with Gasteiger partial charge in [0.15, 0.2) is 0 Å². The first kappa shape index (κ1) is 11.7. The molecule has 2 heterocycles. The van der Waals surface area contributed by atoms with E-state index in [9.17, 15) is 4.79 Å². The minimum Gasteiger partial charge on any atom is -0.444 e. The average Bonchev–Trinajstić information content (AvgIpc) is 2.56. The summed E-state index contributed by atoms with van der Waals surface area (Å²) in [6.07, 6.45) is -0.233. The SMILES string of the molecule is CC(C)(C)OC(=O)N1CC2=C(CN(Cl)C2)C1. The molecule has 2 aliphatic heterocycles. The van der Waals surface area contributed by atoms with E-state index in [-0.39, 0.29) is 6.09 Å². The molecule has 4 nitrogen and oxygen atoms in total. The second-order valence-electron chi connectivity index (χ2n) is 5.32. The van der Waals surface area contributed by atoms with Crippen LogP contribution in [0.15, 0.2) is 11.1 Å². The summed E-state index contributed by atoms with van der Waals surface area (Å²) in [5.41, 5.74) is 2.10. The Bertz CT molecular complexity index is 328. The highest BCUT2D eigenvalue weighted by Crippen LogP contribution is 2.27. The van der Waals surface area contributed by atoms with Crippen molar-refractivity contribution in [1.82, 2.24) is 9.32 Å². The maximum absolute atomic E-state index is 11.8. The lowest BCUT2D eigenvalue weighted by Gasteiger charge is -2.25. The molecule has 0 radical (unpaired) electrons. The first-order chi connectivity index (χ1) is 7.35. The van der Waals surface area contributed by atoms with Gasteiger partial charge in [-0.1, -0.05) is 0 Å². The molecule has 0 saturated heterocycles. The number of nitrogens with zero attached hydrogens (tertiary/aromatic N) is 2. The molecule has 1 amide bonds. The Balaban J connectivity index is 1.90. The van der Waals surface area contributed by atoms with Gasteiger partial charge in [0.05, 0.1) is 0 Å². The maximum Gasteiger partial charge on any atom is 0.410 e. The molecule has 0 fully saturated rings. The molecular weight excluding hydrogens is 228 g/mol. The third-order valence-corrected chi connectivity index (χ3v) is 2.88. The fourth-order valence-electron chi connectivity index (χ4n) is 1.99. The highest BCUT2D eigenvalue weighted by atomic mass is 35.5. The Morgan fingerprint density at radius 2 is 1.69 bits per heavy atom. The largest absolute Gasteiger partial charge is 0.444 e. The molecule has 0 aliphatic carbocycles. The summed E-state index contributed by atoms with van der Waals surface area (Å²) in [4.78, 5) is 13.5. The van der Waals surface area contributed by atoms with Gasteiger partial charge in [-0.25, -0.2) is 9.21 Å². The summed E-state index contributed by atoms with van der Waals surface area (Å²) < 4.78 is 7.07. The Hall–Kier alpha value is -0.740. The summed E-state index contributed by atoms with van der Waals surface area (Å²) in [6.45, 7) is 8.47. The zero-order chi connectivity index (χ0) is 11.9. The number of ether oxygens (including phenoxy) is 1. The normalized spacial score (nSPS) is 21.6. The first-order valence-electron chi connectivity index (χ1n) is 5.43. The zero-order valence-electron chi connectivity index (χ0n) is 9.92. The highest BCUT2D eigenvalue weighted by Gasteiger charge is 2.33. The summed E-state index contributed by atoms with van der Waals surface area (Å²) in [5.74, 6) is 0. The summed E-state index contributed by atoms with van der Waals surface area (Å²) in [6, 6.07) is 0. The zero-order valence-corrected chi connectivity index (χ0v) is 10.7. The van der Waals surface area contributed by atoms with Crippen LogP contribution in [0.5, 0.6) is 0 Å². The second-order valence-corrected chi connectivity index (χ2v) is 5.80. The molecule has 0 aromatic heterocycles. The van der Waals surface area contributed by atoms with Crippen LogP contribution in [0.1, 0.15) is 20.8 Å². The molecule has 0 aromatic carbocycles. The number of halogens is 1. The Kier molecular flexibility index (Phi) is 2.88. The van der Waals surface area contributed by atoms with E-state index in [1.807, 2.05) is 20.8 Å². The van der Waals surface area contributed by atoms with Crippen LogP contribution in [-0.2, 0) is 4.74 Å². The molecule has 5 heteroatoms. The summed E-state index contributed by atoms with van der Waals surface area (Å²) >= 11 is 5.91. The molecule has 90 valence electrons. The predicted molar refractivity (Wildman–Crippen MR) is 62.3 cm³/mol. The van der Waals surface area contributed by atoms with Crippen LogP contribution in [0.2, 0.25) is 0 Å². The Morgan fingerprint density at radius 3 is 2.12 bits per heavy atom. The third-order valence-electron chi connectivity index (χ3n) is 2.64. The van der Waals surface area contributed by atoms with Crippen LogP contribution >= 0.6 is 11.8 Å². The lowest BCUT2D eigenvalue weighted by molar-refractivity contribution is 0.0295. The van der Waals surface area contributed by atoms with Crippen LogP contribution in [0.3, 0.4) is 0 Å². The number of carbonyl (C=O) groups excluding carboxylic acids is 1. The number of hydrogen-bond donors (Lipinski definition) is 0. The van der Waals surface area contributed by atoms with Gasteiger partial charge in [0, 0.05) is 26.2 Å². The topological polar surface area (TPSA) is 32.8 Å². The standard InChI is InChI=1S/C11H17ClN2O2/c1-11(2,3)16-10(15)13-4-8-6-14(12)7-9(8)5-13/h4-7H2,1-3H3. The Labute approximate surface area is 101 Å². The number of carbonyl (C=O) groups is 1. The van der Waals surface area contributed by atoms with Gasteiger partial charge in [0.2, 0.25) is 0 Å². The molecule has 2 rings (SSSR count). The lowest BCUT2D eigenvalue weighted by Crippen LogP contribution is -2.37. The van der Waals surface area contributed by atoms with Gasteiger partial charge < -0.3 is 9.64 Å². The van der Waals surface area contributed by atoms with Gasteiger partial charge in [0.1, 0.15) is 5.60 Å². The van der Waals surface area contributed by atoms with E-state index in [1.54, 1.807) is 9.32 Å². The van der Waals surface area contributed by atoms with Crippen LogP contribution in [0, 0.1) is 0 Å². The fourth-order valence-corrected chi connectivity index (χ4v) is 2.28. The third kappa shape index (κ3) is 2.50. The predicted octanol–water partition coefficient (Wildman–Crippen LogP) is 2.00. The van der Waals surface area contributed by atoms with Crippen LogP contribution in [0.4, 0.5) is 4.79 Å². The van der Waals surface area contributed by atoms with Gasteiger partial charge in [-0.2, -0.15) is 0 Å². The molecule has 16 heavy (non-hydrogen) atoms. The van der Waals surface area contributed by atoms with Gasteiger partial charge in [-0.05, 0) is 43.7 Å². The van der Waals surface area contributed by atoms with Crippen LogP contribution in [-0.4, -0.2) is 47.2 Å². The van der Waals surface area contributed by atoms with E-state index in [2.05, 4.69) is 0 Å². The van der Waals surface area contributed by atoms with Gasteiger partial charge in [-0.3, -0.25) is 0 Å². The summed E-state index contributed by atoms with van der Waals surface area (Å²) in [5, 5.41) is 0. The first-order valence-corrected chi connectivity index (χ1v) is 5.77. The quantitative estimate of drug-likeness (QED) is 0.483. The van der Waals surface area contributed by atoms with Gasteiger partial charge >= 0.3 is 6.09 Å². The van der Waals surface area contributed by atoms with Crippen LogP contribution in [0.25, 0.3) is 0 Å². The minimum atomic E-state index is -0.428. The van der Waals surface area contributed by atoms with E-state index in [0.717, 1.165) is 13.1 Å². The molecular formula is C11H17ClN2O2. The van der Waals surface area contributed by atoms with Crippen molar-refractivity contribution in [2.45, 2.75) is 26.4 Å². The van der Waals surface area contributed by atoms with Crippen molar-refractivity contribution in [3.05, 3.63) is 11.1 Å². The molecule has 0 aromatic rings. The number of rotatable bonds is 0. The molecule has 0 unspecified atom stereocenters. The van der Waals surface area contributed by atoms with Crippen molar-refractivity contribution in [3.63, 3.8) is 0 Å². The maximum atomic E-state index is 11.8. The monoisotopic (exact) mass is 244 g/mol. The molecule has 0 spiro atoms. The van der Waals surface area contributed by atoms with Crippen molar-refractivity contribution in [1.29, 1.82) is 0 Å². The van der Waals surface area contributed by atoms with Crippen molar-refractivity contribution < 1.29 is 9.53 Å². The van der Waals surface area contributed by atoms with E-state index >= 15 is 0 Å². The lowest BCUT2D eigenvalue weighted by atomic mass is 10.2. The van der Waals surface area contributed by atoms with Crippen molar-refractivity contribution >= 4 is 17.9 Å². The van der Waals surface area contributed by atoms with Crippen LogP contribution < -0.4 is 0 Å². The van der Waals surface area contributed by atoms with Gasteiger partial charge in [0.25, 0.3) is 0 Å². The average molecular weight is 245 g/mol. The van der Waals surface area contributed by atoms with E-state index in [1.165, 1.54) is 11.1 Å². The molecule has 0 N–H and O–H groups in total. The molecule has 2 aliphatic rings. The van der Waals surface area contributed by atoms with E-state index in [4.69, 9.17) is 16.5 Å². The van der Waals surface area contributed by atoms with Gasteiger partial charge in [-0.15, -0.1) is 0 Å². The van der Waals surface area contributed by atoms with Crippen molar-refractivity contribution in [2.75, 3.05) is 26.2 Å². The molecule has 0 atom stereocenters. The number of hydrogen-bond acceptors (Lipinski definition) is 3. The number of amides is 1. The highest BCUT2D eigenvalue weighted by molar-refractivity contribution is 6.13. The van der Waals surface area contributed by atoms with E-state index < -0.39 is 5.60 Å².